The van der Waals surface area contributed by atoms with Crippen molar-refractivity contribution in [2.75, 3.05) is 164 Å². The molecule has 5 aliphatic heterocycles. The quantitative estimate of drug-likeness (QED) is 0.0125. The molecule has 3 aliphatic carbocycles. The highest BCUT2D eigenvalue weighted by molar-refractivity contribution is 5.77. The molecule has 5 heterocycles. The molecular weight excluding hydrogens is 1810 g/mol. The number of ether oxygens (including phenoxy) is 6. The molecule has 790 valence electrons. The first-order chi connectivity index (χ1) is 68.7. The van der Waals surface area contributed by atoms with Gasteiger partial charge in [0, 0.05) is 192 Å². The number of urea groups is 3. The topological polar surface area (TPSA) is 339 Å². The Morgan fingerprint density at radius 1 is 0.535 bits per heavy atom. The molecule has 29 heteroatoms. The minimum absolute atomic E-state index is 0.0127. The Bertz CT molecular complexity index is 4740. The summed E-state index contributed by atoms with van der Waals surface area (Å²) in [5.74, 6) is 0.811. The molecule has 6 aromatic carbocycles. The second-order valence-electron chi connectivity index (χ2n) is 42.7. The number of carbonyl (C=O) groups is 3. The zero-order valence-electron chi connectivity index (χ0n) is 86.4. The molecule has 142 heavy (non-hydrogen) atoms. The van der Waals surface area contributed by atoms with Crippen LogP contribution >= 0.6 is 0 Å². The van der Waals surface area contributed by atoms with Gasteiger partial charge in [-0.15, -0.1) is 0 Å². The summed E-state index contributed by atoms with van der Waals surface area (Å²) >= 11 is 0. The first kappa shape index (κ1) is 114. The highest BCUT2D eigenvalue weighted by atomic mass is 19.2. The highest BCUT2D eigenvalue weighted by Crippen LogP contribution is 2.48. The second-order valence-corrected chi connectivity index (χ2v) is 42.7. The zero-order chi connectivity index (χ0) is 101. The number of aliphatic hydroxyl groups is 3. The van der Waals surface area contributed by atoms with Crippen LogP contribution in [0.5, 0.6) is 11.5 Å². The molecule has 12 atom stereocenters. The third-order valence-electron chi connectivity index (χ3n) is 31.0. The maximum atomic E-state index is 14.8. The summed E-state index contributed by atoms with van der Waals surface area (Å²) < 4.78 is 76.5. The van der Waals surface area contributed by atoms with Gasteiger partial charge in [-0.25, -0.2) is 27.6 Å². The number of likely N-dealkylation sites (tertiary alicyclic amines) is 3. The van der Waals surface area contributed by atoms with Gasteiger partial charge >= 0.3 is 18.1 Å². The number of benzene rings is 5. The van der Waals surface area contributed by atoms with Crippen LogP contribution in [-0.2, 0) is 40.5 Å². The lowest BCUT2D eigenvalue weighted by atomic mass is 9.73. The first-order valence-electron chi connectivity index (χ1n) is 53.9. The molecule has 26 nitrogen and oxygen atoms in total. The van der Waals surface area contributed by atoms with E-state index in [2.05, 4.69) is 74.9 Å². The summed E-state index contributed by atoms with van der Waals surface area (Å²) in [6.07, 6.45) is 33.9. The third-order valence-corrected chi connectivity index (χ3v) is 31.0. The molecule has 6 aromatic rings. The van der Waals surface area contributed by atoms with Crippen molar-refractivity contribution >= 4 is 29.5 Å². The molecular formula is C113H173F3N12O14. The highest BCUT2D eigenvalue weighted by Gasteiger charge is 2.47. The van der Waals surface area contributed by atoms with Crippen LogP contribution in [0.1, 0.15) is 267 Å². The Labute approximate surface area is 844 Å². The summed E-state index contributed by atoms with van der Waals surface area (Å²) in [5.41, 5.74) is 11.2. The molecule has 14 rings (SSSR count). The number of nitrogens with zero attached hydrogens (tertiary/aromatic N) is 4. The van der Waals surface area contributed by atoms with Gasteiger partial charge in [-0.05, 0) is 232 Å². The minimum Gasteiger partial charge on any atom is -0.457 e. The molecule has 13 N–H and O–H groups in total. The van der Waals surface area contributed by atoms with Crippen LogP contribution in [0.4, 0.5) is 38.9 Å². The van der Waals surface area contributed by atoms with Crippen molar-refractivity contribution in [3.63, 3.8) is 0 Å². The smallest absolute Gasteiger partial charge is 0.317 e. The summed E-state index contributed by atoms with van der Waals surface area (Å²) in [5, 5.41) is 55.5. The average molecular weight is 1980 g/mol. The zero-order valence-corrected chi connectivity index (χ0v) is 86.4. The van der Waals surface area contributed by atoms with Gasteiger partial charge in [-0.2, -0.15) is 0 Å². The van der Waals surface area contributed by atoms with Crippen LogP contribution in [0.15, 0.2) is 137 Å². The van der Waals surface area contributed by atoms with Gasteiger partial charge in [0.15, 0.2) is 11.6 Å². The fourth-order valence-corrected chi connectivity index (χ4v) is 23.2. The van der Waals surface area contributed by atoms with Crippen LogP contribution in [0.3, 0.4) is 0 Å². The van der Waals surface area contributed by atoms with E-state index in [1.165, 1.54) is 107 Å². The van der Waals surface area contributed by atoms with Crippen molar-refractivity contribution < 1.29 is 71.3 Å². The molecule has 6 amide bonds. The Kier molecular flexibility index (Phi) is 47.3. The van der Waals surface area contributed by atoms with E-state index < -0.39 is 34.4 Å². The Morgan fingerprint density at radius 2 is 1.08 bits per heavy atom. The molecule has 0 radical (unpaired) electrons. The van der Waals surface area contributed by atoms with E-state index in [-0.39, 0.29) is 107 Å². The largest absolute Gasteiger partial charge is 0.457 e. The number of likely N-dealkylation sites (N-methyl/N-ethyl adjacent to an activating group) is 1. The maximum absolute atomic E-state index is 14.8. The predicted molar refractivity (Wildman–Crippen MR) is 557 cm³/mol. The van der Waals surface area contributed by atoms with Crippen LogP contribution in [0, 0.1) is 64.3 Å². The minimum atomic E-state index is -1.60. The number of carbonyl (C=O) groups excluding carboxylic acids is 3. The molecule has 3 saturated carbocycles. The standard InChI is InChI=1S/C30H43N3O3.C29H41N3O4.C28H46FN3O3.C26H43F2N3O4/c31-19-25(18-22-8-3-1-4-9-22)32-26-27(29(35)28(26)34)33-16-7-12-24(20-33)30(23-10-5-2-6-11-23)36-17-15-21-13-14-21;1-35-20-8-7-17-29(34,26-15-5-6-16-27(26)36-25-13-3-2-4-14-25)23-11-10-19-32(22-23)28(33)31-24-12-9-18-30-21-24;1-30-20-26(18-22-10-4-3-5-11-22)31-27(33)32-16-9-13-24(21-32)28(34,15-6-7-17-35-2)23-12-8-14-25(29)19-23;1-25(2,18-35-4)15-20(29)16-30-24(32)31-13-8-9-19(17-31)26(33,12-5-6-14-34-3)21-10-7-11-22(27)23(21)28/h2,5-6,10-11,21-22,24-25,30,32H,1,3-4,7-9,12-20,31H2;2-6,13-16,23-24,30,34H,7-12,17-22H2,1H3,(H,31,33);8,12,14,19,22,24,26,30,34H,3-7,9-11,13,15-18,20-21H2,1-2H3,(H,31,33);7,10-11,19-20,33H,5-6,8-9,12-18,29H2,1-4H3,(H,30,32)/t24-,25+,30+;23-,24?,29+;24-,26+,28-;19-,20+,26+/m1111/s1. The summed E-state index contributed by atoms with van der Waals surface area (Å²) in [6.45, 7) is 15.3. The Hall–Kier alpha value is -8.30. The van der Waals surface area contributed by atoms with Gasteiger partial charge in [0.1, 0.15) is 28.7 Å². The van der Waals surface area contributed by atoms with E-state index in [1.54, 1.807) is 39.4 Å². The molecule has 5 saturated heterocycles. The fourth-order valence-electron chi connectivity index (χ4n) is 23.2. The van der Waals surface area contributed by atoms with Crippen LogP contribution in [-0.4, -0.2) is 226 Å². The van der Waals surface area contributed by atoms with Crippen molar-refractivity contribution in [3.8, 4) is 11.5 Å². The number of unbranched alkanes of at least 4 members (excludes halogenated alkanes) is 3. The molecule has 1 unspecified atom stereocenters. The fraction of sp³-hybridized carbons (Fsp3) is 0.673. The molecule has 8 fully saturated rings. The van der Waals surface area contributed by atoms with Gasteiger partial charge in [0.05, 0.1) is 29.5 Å². The lowest BCUT2D eigenvalue weighted by Crippen LogP contribution is -2.54. The third kappa shape index (κ3) is 34.4. The van der Waals surface area contributed by atoms with Crippen molar-refractivity contribution in [3.05, 3.63) is 188 Å². The molecule has 0 spiro atoms. The summed E-state index contributed by atoms with van der Waals surface area (Å²) in [6, 6.07) is 37.9. The number of amides is 6. The monoisotopic (exact) mass is 1980 g/mol. The van der Waals surface area contributed by atoms with E-state index in [0.717, 1.165) is 159 Å². The van der Waals surface area contributed by atoms with E-state index in [4.69, 9.17) is 39.9 Å². The number of para-hydroxylation sites is 2. The van der Waals surface area contributed by atoms with Gasteiger partial charge < -0.3 is 107 Å². The van der Waals surface area contributed by atoms with E-state index in [1.807, 2.05) is 83.6 Å². The van der Waals surface area contributed by atoms with E-state index in [9.17, 15) is 52.5 Å². The maximum Gasteiger partial charge on any atom is 0.317 e. The van der Waals surface area contributed by atoms with Crippen LogP contribution in [0.25, 0.3) is 0 Å². The number of anilines is 2. The van der Waals surface area contributed by atoms with E-state index >= 15 is 0 Å². The number of halogens is 3. The number of piperidine rings is 5. The van der Waals surface area contributed by atoms with Crippen LogP contribution < -0.4 is 63.9 Å². The molecule has 0 bridgehead atoms. The van der Waals surface area contributed by atoms with Crippen LogP contribution in [0.2, 0.25) is 0 Å². The van der Waals surface area contributed by atoms with Crippen molar-refractivity contribution in [2.24, 2.45) is 58.3 Å². The molecule has 8 aliphatic rings. The average Bonchev–Trinajstić information content (AvgIpc) is 0.840. The van der Waals surface area contributed by atoms with E-state index in [0.29, 0.717) is 152 Å². The lowest BCUT2D eigenvalue weighted by Gasteiger charge is -2.43. The molecule has 0 aromatic heterocycles. The van der Waals surface area contributed by atoms with Gasteiger partial charge in [0.2, 0.25) is 0 Å². The van der Waals surface area contributed by atoms with Crippen molar-refractivity contribution in [2.45, 2.75) is 286 Å². The van der Waals surface area contributed by atoms with Crippen molar-refractivity contribution in [1.29, 1.82) is 0 Å². The number of rotatable bonds is 47. The van der Waals surface area contributed by atoms with Gasteiger partial charge in [0.25, 0.3) is 10.9 Å². The number of nitrogens with two attached hydrogens (primary N) is 2. The lowest BCUT2D eigenvalue weighted by molar-refractivity contribution is -0.0592. The van der Waals surface area contributed by atoms with Gasteiger partial charge in [-0.3, -0.25) is 9.59 Å². The Balaban J connectivity index is 0.000000181. The Morgan fingerprint density at radius 3 is 1.66 bits per heavy atom. The SMILES string of the molecule is CNC[C@H](CC1CCCCC1)NC(=O)N1CCC[C@@H]([C@@](O)(CCCCOC)c2cccc(F)c2)C1.COCCCC[C@@](O)(c1cccc(F)c1F)[C@@H]1CCCN(C(=O)NC[C@@H](N)CC(C)(C)COC)C1.COCCCC[C@@](O)(c1ccccc1Oc1ccccc1)[C@@H]1CCCN(C(=O)NC2CCCNC2)C1.NC[C@H](CC1CCCCC1)Nc1c(N2CCC[C@@H]([C@@H](OCCC3CC3)c3ccccc3)C2)c(=O)c1=O. The normalized spacial score (nSPS) is 21.6. The number of methoxy groups -OCH3 is 4. The van der Waals surface area contributed by atoms with Gasteiger partial charge in [-0.1, -0.05) is 182 Å². The number of hydrogen-bond donors (Lipinski definition) is 11. The van der Waals surface area contributed by atoms with Crippen molar-refractivity contribution in [1.82, 2.24) is 41.3 Å². The number of nitrogens with one attached hydrogen (secondary N) is 6. The summed E-state index contributed by atoms with van der Waals surface area (Å²) in [4.78, 5) is 72.3. The number of hydrogen-bond acceptors (Lipinski definition) is 20. The first-order valence-corrected chi connectivity index (χ1v) is 53.9. The summed E-state index contributed by atoms with van der Waals surface area (Å²) in [7, 11) is 8.55. The predicted octanol–water partition coefficient (Wildman–Crippen LogP) is 18.0. The second kappa shape index (κ2) is 58.9.